The van der Waals surface area contributed by atoms with Crippen LogP contribution in [0.25, 0.3) is 5.70 Å². The molecular formula is C12H10F3N2. The van der Waals surface area contributed by atoms with E-state index in [2.05, 4.69) is 10.3 Å². The second-order valence-corrected chi connectivity index (χ2v) is 3.60. The fourth-order valence-electron chi connectivity index (χ4n) is 1.47. The van der Waals surface area contributed by atoms with Gasteiger partial charge in [0, 0.05) is 12.0 Å². The third-order valence-corrected chi connectivity index (χ3v) is 2.41. The van der Waals surface area contributed by atoms with Crippen molar-refractivity contribution in [1.29, 1.82) is 0 Å². The first-order valence-electron chi connectivity index (χ1n) is 5.17. The molecule has 17 heavy (non-hydrogen) atoms. The van der Waals surface area contributed by atoms with Crippen LogP contribution in [0.2, 0.25) is 0 Å². The fourth-order valence-corrected chi connectivity index (χ4v) is 1.47. The third kappa shape index (κ3) is 2.49. The number of hydrogen-bond donors (Lipinski definition) is 0. The van der Waals surface area contributed by atoms with Gasteiger partial charge in [0.1, 0.15) is 5.84 Å². The molecule has 2 rings (SSSR count). The lowest BCUT2D eigenvalue weighted by atomic mass is 10.1. The van der Waals surface area contributed by atoms with Crippen molar-refractivity contribution in [3.63, 3.8) is 0 Å². The van der Waals surface area contributed by atoms with Crippen molar-refractivity contribution in [2.24, 2.45) is 4.99 Å². The predicted octanol–water partition coefficient (Wildman–Crippen LogP) is 3.43. The van der Waals surface area contributed by atoms with E-state index in [1.165, 1.54) is 12.1 Å². The lowest BCUT2D eigenvalue weighted by molar-refractivity contribution is -0.137. The van der Waals surface area contributed by atoms with Gasteiger partial charge in [-0.15, -0.1) is 0 Å². The summed E-state index contributed by atoms with van der Waals surface area (Å²) in [4.78, 5) is 4.20. The number of halogens is 3. The Morgan fingerprint density at radius 3 is 2.24 bits per heavy atom. The molecule has 0 aliphatic carbocycles. The Balaban J connectivity index is 2.23. The van der Waals surface area contributed by atoms with E-state index < -0.39 is 11.7 Å². The van der Waals surface area contributed by atoms with Gasteiger partial charge in [-0.25, -0.2) is 10.3 Å². The zero-order valence-corrected chi connectivity index (χ0v) is 9.12. The normalized spacial score (nSPS) is 15.3. The number of benzene rings is 1. The average molecular weight is 239 g/mol. The number of aliphatic imine (C=N–C) groups is 1. The Morgan fingerprint density at radius 2 is 1.76 bits per heavy atom. The van der Waals surface area contributed by atoms with Gasteiger partial charge in [0.25, 0.3) is 0 Å². The van der Waals surface area contributed by atoms with Crippen molar-refractivity contribution in [1.82, 2.24) is 5.32 Å². The Morgan fingerprint density at radius 1 is 1.12 bits per heavy atom. The van der Waals surface area contributed by atoms with Gasteiger partial charge in [0.05, 0.1) is 17.5 Å². The van der Waals surface area contributed by atoms with Crippen LogP contribution in [0.15, 0.2) is 35.5 Å². The Hall–Kier alpha value is -1.78. The van der Waals surface area contributed by atoms with Crippen LogP contribution in [0.1, 0.15) is 24.5 Å². The molecule has 0 spiro atoms. The lowest BCUT2D eigenvalue weighted by Crippen LogP contribution is -2.04. The largest absolute Gasteiger partial charge is 0.416 e. The molecule has 1 radical (unpaired) electrons. The highest BCUT2D eigenvalue weighted by Crippen LogP contribution is 2.30. The van der Waals surface area contributed by atoms with Crippen LogP contribution < -0.4 is 5.32 Å². The van der Waals surface area contributed by atoms with Gasteiger partial charge in [-0.2, -0.15) is 13.2 Å². The molecule has 0 unspecified atom stereocenters. The average Bonchev–Trinajstić information content (AvgIpc) is 2.76. The number of alkyl halides is 3. The van der Waals surface area contributed by atoms with Gasteiger partial charge in [0.15, 0.2) is 0 Å². The van der Waals surface area contributed by atoms with E-state index in [0.717, 1.165) is 12.1 Å². The number of nitrogens with zero attached hydrogens (tertiary/aromatic N) is 2. The fraction of sp³-hybridized carbons (Fsp3) is 0.250. The zero-order chi connectivity index (χ0) is 12.5. The standard InChI is InChI=1S/C12H10F3N2/c1-2-11-16-7-10(17-11)8-3-5-9(6-4-8)12(13,14)15/h3-7H,2H2,1H3. The maximum absolute atomic E-state index is 12.4. The first kappa shape index (κ1) is 11.7. The van der Waals surface area contributed by atoms with Crippen LogP contribution in [0.3, 0.4) is 0 Å². The van der Waals surface area contributed by atoms with E-state index >= 15 is 0 Å². The topological polar surface area (TPSA) is 26.5 Å². The van der Waals surface area contributed by atoms with Gasteiger partial charge in [-0.3, -0.25) is 0 Å². The van der Waals surface area contributed by atoms with Crippen molar-refractivity contribution in [3.05, 3.63) is 41.6 Å². The summed E-state index contributed by atoms with van der Waals surface area (Å²) in [5.41, 5.74) is 0.595. The Bertz CT molecular complexity index is 470. The molecule has 1 aliphatic rings. The molecule has 0 saturated carbocycles. The molecule has 5 heteroatoms. The predicted molar refractivity (Wildman–Crippen MR) is 59.3 cm³/mol. The maximum atomic E-state index is 12.4. The maximum Gasteiger partial charge on any atom is 0.416 e. The molecule has 1 aromatic rings. The van der Waals surface area contributed by atoms with Crippen LogP contribution in [-0.2, 0) is 6.18 Å². The van der Waals surface area contributed by atoms with E-state index in [-0.39, 0.29) is 0 Å². The van der Waals surface area contributed by atoms with E-state index in [0.29, 0.717) is 23.5 Å². The summed E-state index contributed by atoms with van der Waals surface area (Å²) in [7, 11) is 0. The Kier molecular flexibility index (Phi) is 2.92. The van der Waals surface area contributed by atoms with E-state index in [1.807, 2.05) is 6.92 Å². The van der Waals surface area contributed by atoms with E-state index in [1.54, 1.807) is 6.20 Å². The molecule has 89 valence electrons. The van der Waals surface area contributed by atoms with Crippen molar-refractivity contribution < 1.29 is 13.2 Å². The van der Waals surface area contributed by atoms with E-state index in [9.17, 15) is 13.2 Å². The summed E-state index contributed by atoms with van der Waals surface area (Å²) < 4.78 is 37.1. The number of hydrogen-bond acceptors (Lipinski definition) is 1. The highest BCUT2D eigenvalue weighted by atomic mass is 19.4. The highest BCUT2D eigenvalue weighted by molar-refractivity contribution is 5.92. The molecule has 0 fully saturated rings. The molecule has 0 saturated heterocycles. The molecule has 1 aliphatic heterocycles. The molecule has 1 aromatic carbocycles. The minimum atomic E-state index is -4.30. The number of rotatable bonds is 2. The molecular weight excluding hydrogens is 229 g/mol. The van der Waals surface area contributed by atoms with Crippen LogP contribution in [0.4, 0.5) is 13.2 Å². The minimum absolute atomic E-state index is 0.607. The Labute approximate surface area is 96.9 Å². The van der Waals surface area contributed by atoms with Crippen LogP contribution in [0, 0.1) is 0 Å². The summed E-state index contributed by atoms with van der Waals surface area (Å²) >= 11 is 0. The second kappa shape index (κ2) is 4.24. The zero-order valence-electron chi connectivity index (χ0n) is 9.12. The van der Waals surface area contributed by atoms with Crippen LogP contribution in [-0.4, -0.2) is 5.84 Å². The van der Waals surface area contributed by atoms with Crippen molar-refractivity contribution in [2.45, 2.75) is 19.5 Å². The quantitative estimate of drug-likeness (QED) is 0.756. The smallest absolute Gasteiger partial charge is 0.239 e. The van der Waals surface area contributed by atoms with Crippen LogP contribution >= 0.6 is 0 Å². The molecule has 0 amide bonds. The highest BCUT2D eigenvalue weighted by Gasteiger charge is 2.30. The summed E-state index contributed by atoms with van der Waals surface area (Å²) in [6.45, 7) is 1.92. The van der Waals surface area contributed by atoms with Gasteiger partial charge < -0.3 is 0 Å². The van der Waals surface area contributed by atoms with Gasteiger partial charge in [-0.1, -0.05) is 19.1 Å². The number of amidine groups is 1. The van der Waals surface area contributed by atoms with Crippen LogP contribution in [0.5, 0.6) is 0 Å². The minimum Gasteiger partial charge on any atom is -0.239 e. The monoisotopic (exact) mass is 239 g/mol. The molecule has 0 N–H and O–H groups in total. The molecule has 0 bridgehead atoms. The molecule has 0 atom stereocenters. The third-order valence-electron chi connectivity index (χ3n) is 2.41. The van der Waals surface area contributed by atoms with Gasteiger partial charge in [0.2, 0.25) is 0 Å². The summed E-state index contributed by atoms with van der Waals surface area (Å²) in [6, 6.07) is 4.92. The van der Waals surface area contributed by atoms with Crippen molar-refractivity contribution in [2.75, 3.05) is 0 Å². The SMILES string of the molecule is CCC1=NC(c2ccc(C(F)(F)F)cc2)=C[N]1. The lowest BCUT2D eigenvalue weighted by Gasteiger charge is -2.06. The summed E-state index contributed by atoms with van der Waals surface area (Å²) in [5, 5.41) is 4.05. The second-order valence-electron chi connectivity index (χ2n) is 3.60. The van der Waals surface area contributed by atoms with Crippen molar-refractivity contribution in [3.8, 4) is 0 Å². The molecule has 0 aromatic heterocycles. The molecule has 2 nitrogen and oxygen atoms in total. The van der Waals surface area contributed by atoms with Crippen molar-refractivity contribution >= 4 is 11.5 Å². The van der Waals surface area contributed by atoms with E-state index in [4.69, 9.17) is 0 Å². The van der Waals surface area contributed by atoms with Gasteiger partial charge in [-0.05, 0) is 12.1 Å². The first-order chi connectivity index (χ1) is 8.00. The summed E-state index contributed by atoms with van der Waals surface area (Å²) in [6.07, 6.45) is -2.02. The summed E-state index contributed by atoms with van der Waals surface area (Å²) in [5.74, 6) is 0.694. The first-order valence-corrected chi connectivity index (χ1v) is 5.17. The molecule has 1 heterocycles. The van der Waals surface area contributed by atoms with Gasteiger partial charge >= 0.3 is 6.18 Å².